The molecule has 2 aromatic carbocycles. The number of amides is 2. The molecule has 2 aromatic rings. The number of methoxy groups -OCH3 is 1. The monoisotopic (exact) mass is 372 g/mol. The lowest BCUT2D eigenvalue weighted by atomic mass is 10.1. The normalized spacial score (nSPS) is 10.2. The van der Waals surface area contributed by atoms with Gasteiger partial charge in [0.2, 0.25) is 0 Å². The maximum Gasteiger partial charge on any atom is 0.276 e. The molecule has 27 heavy (non-hydrogen) atoms. The molecule has 0 fully saturated rings. The summed E-state index contributed by atoms with van der Waals surface area (Å²) in [5.41, 5.74) is 7.09. The molecule has 7 nitrogen and oxygen atoms in total. The first kappa shape index (κ1) is 20.3. The number of para-hydroxylation sites is 1. The van der Waals surface area contributed by atoms with Crippen LogP contribution in [0.5, 0.6) is 11.5 Å². The van der Waals surface area contributed by atoms with Crippen LogP contribution in [0.1, 0.15) is 21.5 Å². The fourth-order valence-electron chi connectivity index (χ4n) is 2.41. The third-order valence-electron chi connectivity index (χ3n) is 3.56. The fourth-order valence-corrected chi connectivity index (χ4v) is 2.41. The summed E-state index contributed by atoms with van der Waals surface area (Å²) in [5.74, 6) is 0.0571. The topological polar surface area (TPSA) is 85.9 Å². The lowest BCUT2D eigenvalue weighted by molar-refractivity contribution is -0.123. The summed E-state index contributed by atoms with van der Waals surface area (Å²) in [4.78, 5) is 24.2. The highest BCUT2D eigenvalue weighted by Crippen LogP contribution is 2.18. The average molecular weight is 372 g/mol. The second-order valence-corrected chi connectivity index (χ2v) is 5.95. The minimum Gasteiger partial charge on any atom is -0.490 e. The van der Waals surface area contributed by atoms with Crippen molar-refractivity contribution in [3.05, 3.63) is 59.2 Å². The number of carbonyl (C=O) groups is 2. The Hall–Kier alpha value is -3.06. The van der Waals surface area contributed by atoms with Gasteiger partial charge in [0, 0.05) is 7.11 Å². The Bertz CT molecular complexity index is 771. The van der Waals surface area contributed by atoms with Gasteiger partial charge in [0.15, 0.2) is 6.61 Å². The molecule has 0 aliphatic heterocycles. The summed E-state index contributed by atoms with van der Waals surface area (Å²) < 4.78 is 15.9. The summed E-state index contributed by atoms with van der Waals surface area (Å²) in [7, 11) is 1.57. The van der Waals surface area contributed by atoms with E-state index in [1.807, 2.05) is 32.0 Å². The van der Waals surface area contributed by atoms with Crippen LogP contribution in [0.25, 0.3) is 0 Å². The highest BCUT2D eigenvalue weighted by Gasteiger charge is 2.13. The predicted molar refractivity (Wildman–Crippen MR) is 101 cm³/mol. The SMILES string of the molecule is COCCOc1ccccc1C(=O)NNC(=O)COc1cc(C)cc(C)c1. The molecule has 144 valence electrons. The van der Waals surface area contributed by atoms with Gasteiger partial charge in [-0.05, 0) is 49.2 Å². The first-order chi connectivity index (χ1) is 13.0. The lowest BCUT2D eigenvalue weighted by Gasteiger charge is -2.12. The van der Waals surface area contributed by atoms with Crippen molar-refractivity contribution in [1.82, 2.24) is 10.9 Å². The van der Waals surface area contributed by atoms with E-state index in [2.05, 4.69) is 10.9 Å². The minimum atomic E-state index is -0.484. The smallest absolute Gasteiger partial charge is 0.276 e. The first-order valence-electron chi connectivity index (χ1n) is 8.50. The van der Waals surface area contributed by atoms with Crippen molar-refractivity contribution in [2.24, 2.45) is 0 Å². The van der Waals surface area contributed by atoms with Crippen LogP contribution in [0.3, 0.4) is 0 Å². The van der Waals surface area contributed by atoms with E-state index in [0.29, 0.717) is 30.3 Å². The molecular formula is C20H24N2O5. The zero-order valence-electron chi connectivity index (χ0n) is 15.7. The molecular weight excluding hydrogens is 348 g/mol. The Morgan fingerprint density at radius 2 is 1.63 bits per heavy atom. The van der Waals surface area contributed by atoms with E-state index in [1.54, 1.807) is 31.4 Å². The van der Waals surface area contributed by atoms with Crippen molar-refractivity contribution in [3.63, 3.8) is 0 Å². The van der Waals surface area contributed by atoms with Crippen molar-refractivity contribution in [1.29, 1.82) is 0 Å². The van der Waals surface area contributed by atoms with E-state index in [4.69, 9.17) is 14.2 Å². The molecule has 0 aromatic heterocycles. The number of hydrazine groups is 1. The van der Waals surface area contributed by atoms with E-state index in [9.17, 15) is 9.59 Å². The molecule has 2 amide bonds. The third-order valence-corrected chi connectivity index (χ3v) is 3.56. The Morgan fingerprint density at radius 1 is 0.926 bits per heavy atom. The van der Waals surface area contributed by atoms with Gasteiger partial charge >= 0.3 is 0 Å². The number of carbonyl (C=O) groups excluding carboxylic acids is 2. The van der Waals surface area contributed by atoms with Crippen molar-refractivity contribution in [2.75, 3.05) is 26.9 Å². The Labute approximate surface area is 158 Å². The molecule has 7 heteroatoms. The number of hydrogen-bond donors (Lipinski definition) is 2. The molecule has 0 spiro atoms. The summed E-state index contributed by atoms with van der Waals surface area (Å²) in [6, 6.07) is 12.4. The van der Waals surface area contributed by atoms with Gasteiger partial charge in [-0.25, -0.2) is 0 Å². The van der Waals surface area contributed by atoms with Crippen LogP contribution in [-0.4, -0.2) is 38.7 Å². The minimum absolute atomic E-state index is 0.213. The van der Waals surface area contributed by atoms with Gasteiger partial charge in [0.05, 0.1) is 12.2 Å². The van der Waals surface area contributed by atoms with Gasteiger partial charge in [0.1, 0.15) is 18.1 Å². The number of hydrogen-bond acceptors (Lipinski definition) is 5. The predicted octanol–water partition coefficient (Wildman–Crippen LogP) is 2.17. The average Bonchev–Trinajstić information content (AvgIpc) is 2.64. The molecule has 0 radical (unpaired) electrons. The number of nitrogens with one attached hydrogen (secondary N) is 2. The van der Waals surface area contributed by atoms with Crippen molar-refractivity contribution in [2.45, 2.75) is 13.8 Å². The molecule has 0 aliphatic rings. The fraction of sp³-hybridized carbons (Fsp3) is 0.300. The number of rotatable bonds is 8. The highest BCUT2D eigenvalue weighted by atomic mass is 16.5. The van der Waals surface area contributed by atoms with Crippen LogP contribution < -0.4 is 20.3 Å². The van der Waals surface area contributed by atoms with E-state index < -0.39 is 11.8 Å². The van der Waals surface area contributed by atoms with Crippen LogP contribution in [-0.2, 0) is 9.53 Å². The zero-order valence-corrected chi connectivity index (χ0v) is 15.7. The molecule has 0 aliphatic carbocycles. The van der Waals surface area contributed by atoms with Crippen LogP contribution in [0, 0.1) is 13.8 Å². The number of benzene rings is 2. The van der Waals surface area contributed by atoms with Gasteiger partial charge in [-0.2, -0.15) is 0 Å². The second kappa shape index (κ2) is 10.2. The van der Waals surface area contributed by atoms with Crippen LogP contribution in [0.2, 0.25) is 0 Å². The lowest BCUT2D eigenvalue weighted by Crippen LogP contribution is -2.44. The quantitative estimate of drug-likeness (QED) is 0.548. The van der Waals surface area contributed by atoms with Crippen molar-refractivity contribution < 1.29 is 23.8 Å². The molecule has 2 rings (SSSR count). The zero-order chi connectivity index (χ0) is 19.6. The maximum atomic E-state index is 12.3. The van der Waals surface area contributed by atoms with Crippen LogP contribution >= 0.6 is 0 Å². The van der Waals surface area contributed by atoms with Gasteiger partial charge in [0.25, 0.3) is 11.8 Å². The molecule has 0 heterocycles. The van der Waals surface area contributed by atoms with E-state index >= 15 is 0 Å². The van der Waals surface area contributed by atoms with Gasteiger partial charge in [-0.1, -0.05) is 18.2 Å². The van der Waals surface area contributed by atoms with Gasteiger partial charge < -0.3 is 14.2 Å². The molecule has 2 N–H and O–H groups in total. The summed E-state index contributed by atoms with van der Waals surface area (Å²) >= 11 is 0. The first-order valence-corrected chi connectivity index (χ1v) is 8.50. The molecule has 0 atom stereocenters. The second-order valence-electron chi connectivity index (χ2n) is 5.95. The van der Waals surface area contributed by atoms with E-state index in [1.165, 1.54) is 0 Å². The third kappa shape index (κ3) is 6.63. The molecule has 0 unspecified atom stereocenters. The van der Waals surface area contributed by atoms with Crippen molar-refractivity contribution >= 4 is 11.8 Å². The molecule has 0 saturated carbocycles. The highest BCUT2D eigenvalue weighted by molar-refractivity contribution is 5.97. The Morgan fingerprint density at radius 3 is 2.33 bits per heavy atom. The Kier molecular flexibility index (Phi) is 7.63. The standard InChI is InChI=1S/C20H24N2O5/c1-14-10-15(2)12-16(11-14)27-13-19(23)21-22-20(24)17-6-4-5-7-18(17)26-9-8-25-3/h4-7,10-12H,8-9,13H2,1-3H3,(H,21,23)(H,22,24). The van der Waals surface area contributed by atoms with Gasteiger partial charge in [-0.15, -0.1) is 0 Å². The van der Waals surface area contributed by atoms with Crippen LogP contribution in [0.15, 0.2) is 42.5 Å². The molecule has 0 bridgehead atoms. The largest absolute Gasteiger partial charge is 0.490 e. The van der Waals surface area contributed by atoms with Gasteiger partial charge in [-0.3, -0.25) is 20.4 Å². The van der Waals surface area contributed by atoms with E-state index in [0.717, 1.165) is 11.1 Å². The summed E-state index contributed by atoms with van der Waals surface area (Å²) in [6.07, 6.45) is 0. The summed E-state index contributed by atoms with van der Waals surface area (Å²) in [5, 5.41) is 0. The maximum absolute atomic E-state index is 12.3. The Balaban J connectivity index is 1.85. The van der Waals surface area contributed by atoms with E-state index in [-0.39, 0.29) is 6.61 Å². The van der Waals surface area contributed by atoms with Crippen LogP contribution in [0.4, 0.5) is 0 Å². The van der Waals surface area contributed by atoms with Crippen molar-refractivity contribution in [3.8, 4) is 11.5 Å². The summed E-state index contributed by atoms with van der Waals surface area (Å²) in [6.45, 7) is 4.41. The number of ether oxygens (including phenoxy) is 3. The number of aryl methyl sites for hydroxylation is 2. The molecule has 0 saturated heterocycles.